The van der Waals surface area contributed by atoms with Crippen LogP contribution in [-0.4, -0.2) is 129 Å². The Morgan fingerprint density at radius 2 is 1.83 bits per heavy atom. The van der Waals surface area contributed by atoms with Gasteiger partial charge in [-0.25, -0.2) is 0 Å². The number of cyclic esters (lactones) is 1. The van der Waals surface area contributed by atoms with Gasteiger partial charge in [0.1, 0.15) is 23.9 Å². The molecule has 0 aromatic heterocycles. The standard InChI is InChI=1S/C34H58N2O11S/c1-9-26-20(5)31-34(6,47-31)11-10-24(37)17(2)12-21(14-28(40)48-16-22(35)32(42)43)30(19(4)25(38)15-27(39)45-26)46-33-29(41)23(36(7)8)13-18(3)44-33/h10-11,17-23,25-26,28-31,33,38,40-41H,9,12-16,35H2,1-8H3,(H,42,43)/b11-10+/t17-,18+,19-,20+,21+,22+,23-,25+,26+,28-,29-,30-,31+,33-,34-/m1/s1. The van der Waals surface area contributed by atoms with Crippen LogP contribution in [0, 0.1) is 23.7 Å². The highest BCUT2D eigenvalue weighted by Gasteiger charge is 2.55. The van der Waals surface area contributed by atoms with Crippen molar-refractivity contribution in [2.45, 2.75) is 140 Å². The summed E-state index contributed by atoms with van der Waals surface area (Å²) in [5, 5.41) is 43.2. The molecule has 2 fully saturated rings. The first-order chi connectivity index (χ1) is 22.4. The number of nitrogens with zero attached hydrogens (tertiary/aromatic N) is 1. The van der Waals surface area contributed by atoms with Crippen molar-refractivity contribution >= 4 is 29.5 Å². The van der Waals surface area contributed by atoms with Gasteiger partial charge in [-0.05, 0) is 71.7 Å². The molecule has 0 bridgehead atoms. The van der Waals surface area contributed by atoms with Crippen molar-refractivity contribution in [2.75, 3.05) is 19.8 Å². The highest BCUT2D eigenvalue weighted by molar-refractivity contribution is 7.99. The first-order valence-corrected chi connectivity index (χ1v) is 18.1. The van der Waals surface area contributed by atoms with Crippen LogP contribution in [-0.2, 0) is 33.3 Å². The van der Waals surface area contributed by atoms with Gasteiger partial charge in [-0.15, -0.1) is 11.8 Å². The zero-order valence-electron chi connectivity index (χ0n) is 29.6. The smallest absolute Gasteiger partial charge is 0.321 e. The van der Waals surface area contributed by atoms with Crippen LogP contribution in [0.5, 0.6) is 0 Å². The van der Waals surface area contributed by atoms with E-state index in [1.807, 2.05) is 46.7 Å². The number of allylic oxidation sites excluding steroid dienone is 1. The molecule has 0 aromatic rings. The van der Waals surface area contributed by atoms with E-state index in [9.17, 15) is 34.8 Å². The number of aliphatic carboxylic acids is 1. The molecule has 13 nitrogen and oxygen atoms in total. The minimum atomic E-state index is -1.24. The number of aliphatic hydroxyl groups excluding tert-OH is 3. The Labute approximate surface area is 288 Å². The summed E-state index contributed by atoms with van der Waals surface area (Å²) in [5.74, 6) is -4.05. The molecule has 3 rings (SSSR count). The van der Waals surface area contributed by atoms with Crippen LogP contribution >= 0.6 is 11.8 Å². The van der Waals surface area contributed by atoms with E-state index in [-0.39, 0.29) is 55.0 Å². The largest absolute Gasteiger partial charge is 0.480 e. The van der Waals surface area contributed by atoms with Gasteiger partial charge in [-0.2, -0.15) is 0 Å². The zero-order valence-corrected chi connectivity index (χ0v) is 30.4. The lowest BCUT2D eigenvalue weighted by molar-refractivity contribution is -0.283. The summed E-state index contributed by atoms with van der Waals surface area (Å²) in [4.78, 5) is 39.9. The number of carboxylic acid groups (broad SMARTS) is 1. The molecule has 15 atom stereocenters. The molecule has 0 aliphatic carbocycles. The van der Waals surface area contributed by atoms with Crippen LogP contribution in [0.15, 0.2) is 12.2 Å². The summed E-state index contributed by atoms with van der Waals surface area (Å²) < 4.78 is 24.5. The Morgan fingerprint density at radius 3 is 2.44 bits per heavy atom. The van der Waals surface area contributed by atoms with E-state index in [0.29, 0.717) is 12.8 Å². The summed E-state index contributed by atoms with van der Waals surface area (Å²) in [6.07, 6.45) is -1.04. The molecule has 3 heterocycles. The number of hydrogen-bond donors (Lipinski definition) is 5. The number of nitrogens with two attached hydrogens (primary N) is 1. The predicted molar refractivity (Wildman–Crippen MR) is 180 cm³/mol. The first-order valence-electron chi connectivity index (χ1n) is 17.1. The molecule has 3 aliphatic rings. The second kappa shape index (κ2) is 17.5. The molecule has 0 aromatic carbocycles. The predicted octanol–water partition coefficient (Wildman–Crippen LogP) is 1.94. The van der Waals surface area contributed by atoms with Gasteiger partial charge >= 0.3 is 11.9 Å². The average Bonchev–Trinajstić information content (AvgIpc) is 3.70. The summed E-state index contributed by atoms with van der Waals surface area (Å²) in [7, 11) is 3.71. The van der Waals surface area contributed by atoms with Crippen molar-refractivity contribution in [3.8, 4) is 0 Å². The number of ether oxygens (including phenoxy) is 4. The lowest BCUT2D eigenvalue weighted by Crippen LogP contribution is -2.56. The van der Waals surface area contributed by atoms with Crippen molar-refractivity contribution < 1.29 is 53.8 Å². The Balaban J connectivity index is 2.02. The highest BCUT2D eigenvalue weighted by atomic mass is 32.2. The van der Waals surface area contributed by atoms with Crippen LogP contribution in [0.4, 0.5) is 0 Å². The van der Waals surface area contributed by atoms with E-state index in [4.69, 9.17) is 24.7 Å². The number of carbonyl (C=O) groups excluding carboxylic acids is 2. The highest BCUT2D eigenvalue weighted by Crippen LogP contribution is 2.45. The third-order valence-corrected chi connectivity index (χ3v) is 11.3. The summed E-state index contributed by atoms with van der Waals surface area (Å²) in [5.41, 5.74) is 3.89. The van der Waals surface area contributed by atoms with Crippen molar-refractivity contribution in [3.63, 3.8) is 0 Å². The maximum absolute atomic E-state index is 13.5. The molecule has 2 saturated heterocycles. The van der Waals surface area contributed by atoms with E-state index in [0.717, 1.165) is 11.8 Å². The maximum Gasteiger partial charge on any atom is 0.321 e. The molecule has 276 valence electrons. The Hall–Kier alpha value is -1.62. The number of carboxylic acids is 1. The van der Waals surface area contributed by atoms with Gasteiger partial charge in [0.05, 0.1) is 36.3 Å². The van der Waals surface area contributed by atoms with Crippen LogP contribution in [0.25, 0.3) is 0 Å². The van der Waals surface area contributed by atoms with Gasteiger partial charge in [-0.1, -0.05) is 27.7 Å². The molecule has 0 spiro atoms. The van der Waals surface area contributed by atoms with Crippen molar-refractivity contribution in [1.82, 2.24) is 4.90 Å². The Bertz CT molecular complexity index is 1130. The lowest BCUT2D eigenvalue weighted by atomic mass is 9.79. The van der Waals surface area contributed by atoms with Crippen molar-refractivity contribution in [3.05, 3.63) is 12.2 Å². The molecular weight excluding hydrogens is 644 g/mol. The molecular formula is C34H58N2O11S. The van der Waals surface area contributed by atoms with Gasteiger partial charge in [0.15, 0.2) is 12.1 Å². The third-order valence-electron chi connectivity index (χ3n) is 10.2. The summed E-state index contributed by atoms with van der Waals surface area (Å²) in [6.45, 7) is 11.1. The fraction of sp³-hybridized carbons (Fsp3) is 0.853. The topological polar surface area (TPSA) is 202 Å². The molecule has 0 saturated carbocycles. The minimum Gasteiger partial charge on any atom is -0.480 e. The first kappa shape index (κ1) is 40.8. The fourth-order valence-electron chi connectivity index (χ4n) is 6.99. The fourth-order valence-corrected chi connectivity index (χ4v) is 7.94. The number of carbonyl (C=O) groups is 3. The Morgan fingerprint density at radius 1 is 1.17 bits per heavy atom. The van der Waals surface area contributed by atoms with Gasteiger partial charge < -0.3 is 50.0 Å². The van der Waals surface area contributed by atoms with Crippen LogP contribution in [0.1, 0.15) is 73.6 Å². The molecule has 14 heteroatoms. The molecule has 6 N–H and O–H groups in total. The summed E-state index contributed by atoms with van der Waals surface area (Å²) >= 11 is 0.967. The molecule has 0 radical (unpaired) electrons. The number of hydrogen-bond acceptors (Lipinski definition) is 13. The minimum absolute atomic E-state index is 0.0400. The van der Waals surface area contributed by atoms with Gasteiger partial charge in [-0.3, -0.25) is 14.4 Å². The van der Waals surface area contributed by atoms with Crippen molar-refractivity contribution in [2.24, 2.45) is 29.4 Å². The number of ketones is 1. The zero-order chi connectivity index (χ0) is 36.1. The van der Waals surface area contributed by atoms with E-state index < -0.39 is 77.5 Å². The van der Waals surface area contributed by atoms with E-state index in [2.05, 4.69) is 0 Å². The number of likely N-dealkylation sites (N-methyl/N-ethyl adjacent to an activating group) is 1. The Kier molecular flexibility index (Phi) is 14.9. The molecule has 3 aliphatic heterocycles. The van der Waals surface area contributed by atoms with E-state index in [1.165, 1.54) is 6.08 Å². The van der Waals surface area contributed by atoms with E-state index in [1.54, 1.807) is 19.9 Å². The second-order valence-electron chi connectivity index (χ2n) is 14.4. The number of esters is 1. The van der Waals surface area contributed by atoms with Crippen molar-refractivity contribution in [1.29, 1.82) is 0 Å². The number of aliphatic hydroxyl groups is 3. The van der Waals surface area contributed by atoms with Gasteiger partial charge in [0, 0.05) is 29.5 Å². The lowest BCUT2D eigenvalue weighted by Gasteiger charge is -2.44. The van der Waals surface area contributed by atoms with Gasteiger partial charge in [0.25, 0.3) is 0 Å². The normalized spacial score (nSPS) is 42.0. The third kappa shape index (κ3) is 10.7. The second-order valence-corrected chi connectivity index (χ2v) is 15.6. The van der Waals surface area contributed by atoms with Crippen LogP contribution < -0.4 is 5.73 Å². The van der Waals surface area contributed by atoms with Gasteiger partial charge in [0.2, 0.25) is 0 Å². The number of rotatable bonds is 10. The molecule has 0 unspecified atom stereocenters. The quantitative estimate of drug-likeness (QED) is 0.126. The SMILES string of the molecule is CC[C@@H]1OC(=O)C[C@H](O)[C@@H](C)[C@@H](O[C@H]2O[C@@H](C)C[C@@H](N(C)C)[C@H]2O)[C@H](C[C@H](O)SC[C@H](N)C(=O)O)C[C@@H](C)C(=O)/C=C/[C@@]2(C)O[C@H]2[C@H]1C. The van der Waals surface area contributed by atoms with Crippen LogP contribution in [0.3, 0.4) is 0 Å². The maximum atomic E-state index is 13.5. The average molecular weight is 703 g/mol. The van der Waals surface area contributed by atoms with Crippen LogP contribution in [0.2, 0.25) is 0 Å². The number of epoxide rings is 1. The number of thioether (sulfide) groups is 1. The summed E-state index contributed by atoms with van der Waals surface area (Å²) in [6, 6.07) is -1.48. The monoisotopic (exact) mass is 702 g/mol. The molecule has 48 heavy (non-hydrogen) atoms. The number of fused-ring (bicyclic) bond motifs is 1. The molecule has 0 amide bonds. The van der Waals surface area contributed by atoms with E-state index >= 15 is 0 Å².